The van der Waals surface area contributed by atoms with Gasteiger partial charge in [-0.05, 0) is 74.2 Å². The summed E-state index contributed by atoms with van der Waals surface area (Å²) in [4.78, 5) is 49.2. The van der Waals surface area contributed by atoms with Gasteiger partial charge in [0.1, 0.15) is 33.8 Å². The van der Waals surface area contributed by atoms with Gasteiger partial charge in [0.05, 0.1) is 0 Å². The van der Waals surface area contributed by atoms with Crippen LogP contribution in [0.25, 0.3) is 0 Å². The Labute approximate surface area is 205 Å². The molecule has 4 N–H and O–H groups in total. The summed E-state index contributed by atoms with van der Waals surface area (Å²) in [6, 6.07) is 9.40. The van der Waals surface area contributed by atoms with Gasteiger partial charge in [-0.25, -0.2) is 19.2 Å². The molecule has 0 saturated carbocycles. The Bertz CT molecular complexity index is 1230. The third kappa shape index (κ3) is 5.12. The quantitative estimate of drug-likeness (QED) is 0.322. The standard InChI is InChI=1S/C26H22O10/c1-11-5-12(2)8-15(7-11)35-21-17(23(27)28)19(25(31)32)22(20(26(33)34)18(21)24(29)30)36-16-9-13(3)6-14(4)10-16/h5-10H,1-4H3,(H,27,28)(H,29,30)(H,31,32)(H,33,34). The molecule has 0 radical (unpaired) electrons. The van der Waals surface area contributed by atoms with Gasteiger partial charge < -0.3 is 29.9 Å². The van der Waals surface area contributed by atoms with Crippen molar-refractivity contribution in [3.63, 3.8) is 0 Å². The largest absolute Gasteiger partial charge is 0.478 e. The van der Waals surface area contributed by atoms with E-state index in [1.165, 1.54) is 24.3 Å². The van der Waals surface area contributed by atoms with Crippen molar-refractivity contribution >= 4 is 23.9 Å². The number of carboxylic acids is 4. The van der Waals surface area contributed by atoms with E-state index in [-0.39, 0.29) is 11.5 Å². The van der Waals surface area contributed by atoms with E-state index in [2.05, 4.69) is 0 Å². The summed E-state index contributed by atoms with van der Waals surface area (Å²) in [5.74, 6) is -9.30. The second-order valence-corrected chi connectivity index (χ2v) is 8.23. The normalized spacial score (nSPS) is 10.6. The van der Waals surface area contributed by atoms with Crippen molar-refractivity contribution in [1.29, 1.82) is 0 Å². The molecule has 3 aromatic carbocycles. The number of ether oxygens (including phenoxy) is 2. The first-order valence-electron chi connectivity index (χ1n) is 10.5. The van der Waals surface area contributed by atoms with Crippen LogP contribution in [-0.2, 0) is 0 Å². The molecule has 0 aromatic heterocycles. The Hall–Kier alpha value is -4.86. The molecule has 0 heterocycles. The van der Waals surface area contributed by atoms with Gasteiger partial charge in [-0.1, -0.05) is 12.1 Å². The fourth-order valence-electron chi connectivity index (χ4n) is 3.94. The minimum atomic E-state index is -1.85. The number of carbonyl (C=O) groups is 4. The lowest BCUT2D eigenvalue weighted by Gasteiger charge is -2.21. The number of hydrogen-bond donors (Lipinski definition) is 4. The molecule has 0 fully saturated rings. The summed E-state index contributed by atoms with van der Waals surface area (Å²) in [6.45, 7) is 6.84. The molecule has 0 unspecified atom stereocenters. The number of hydrogen-bond acceptors (Lipinski definition) is 6. The van der Waals surface area contributed by atoms with Crippen molar-refractivity contribution in [2.24, 2.45) is 0 Å². The van der Waals surface area contributed by atoms with Crippen molar-refractivity contribution < 1.29 is 49.1 Å². The lowest BCUT2D eigenvalue weighted by molar-refractivity contribution is 0.0626. The topological polar surface area (TPSA) is 168 Å². The van der Waals surface area contributed by atoms with Crippen LogP contribution in [0, 0.1) is 27.7 Å². The summed E-state index contributed by atoms with van der Waals surface area (Å²) in [5.41, 5.74) is -1.52. The monoisotopic (exact) mass is 494 g/mol. The molecule has 0 atom stereocenters. The maximum Gasteiger partial charge on any atom is 0.340 e. The molecule has 10 heteroatoms. The molecule has 36 heavy (non-hydrogen) atoms. The smallest absolute Gasteiger partial charge is 0.340 e. The number of carboxylic acid groups (broad SMARTS) is 4. The van der Waals surface area contributed by atoms with Gasteiger partial charge in [-0.2, -0.15) is 0 Å². The van der Waals surface area contributed by atoms with Crippen LogP contribution in [-0.4, -0.2) is 44.3 Å². The van der Waals surface area contributed by atoms with Crippen LogP contribution in [0.1, 0.15) is 63.7 Å². The molecule has 0 aliphatic heterocycles. The Balaban J connectivity index is 2.48. The van der Waals surface area contributed by atoms with Crippen LogP contribution < -0.4 is 9.47 Å². The zero-order valence-corrected chi connectivity index (χ0v) is 19.7. The van der Waals surface area contributed by atoms with Gasteiger partial charge in [-0.3, -0.25) is 0 Å². The highest BCUT2D eigenvalue weighted by Crippen LogP contribution is 2.43. The van der Waals surface area contributed by atoms with E-state index >= 15 is 0 Å². The van der Waals surface area contributed by atoms with Crippen molar-refractivity contribution in [2.45, 2.75) is 27.7 Å². The zero-order chi connectivity index (χ0) is 26.9. The highest BCUT2D eigenvalue weighted by molar-refractivity contribution is 6.15. The van der Waals surface area contributed by atoms with E-state index in [9.17, 15) is 39.6 Å². The van der Waals surface area contributed by atoms with E-state index < -0.39 is 57.6 Å². The van der Waals surface area contributed by atoms with Gasteiger partial charge >= 0.3 is 23.9 Å². The van der Waals surface area contributed by atoms with E-state index in [4.69, 9.17) is 9.47 Å². The van der Waals surface area contributed by atoms with E-state index in [0.717, 1.165) is 0 Å². The van der Waals surface area contributed by atoms with Gasteiger partial charge in [0.2, 0.25) is 0 Å². The molecule has 0 amide bonds. The first kappa shape index (κ1) is 25.8. The molecular weight excluding hydrogens is 472 g/mol. The predicted molar refractivity (Wildman–Crippen MR) is 126 cm³/mol. The summed E-state index contributed by atoms with van der Waals surface area (Å²) in [7, 11) is 0. The van der Waals surface area contributed by atoms with E-state index in [1.54, 1.807) is 39.8 Å². The summed E-state index contributed by atoms with van der Waals surface area (Å²) in [5, 5.41) is 39.8. The molecular formula is C26H22O10. The molecule has 0 aliphatic rings. The van der Waals surface area contributed by atoms with E-state index in [0.29, 0.717) is 22.3 Å². The van der Waals surface area contributed by atoms with Crippen molar-refractivity contribution in [3.05, 3.63) is 80.9 Å². The SMILES string of the molecule is Cc1cc(C)cc(Oc2c(C(=O)O)c(C(=O)O)c(Oc3cc(C)cc(C)c3)c(C(=O)O)c2C(=O)O)c1. The third-order valence-corrected chi connectivity index (χ3v) is 5.09. The molecule has 0 spiro atoms. The Kier molecular flexibility index (Phi) is 7.00. The van der Waals surface area contributed by atoms with Gasteiger partial charge in [-0.15, -0.1) is 0 Å². The minimum absolute atomic E-state index is 0.00634. The Morgan fingerprint density at radius 1 is 0.472 bits per heavy atom. The number of aromatic carboxylic acids is 4. The Morgan fingerprint density at radius 3 is 0.889 bits per heavy atom. The first-order valence-corrected chi connectivity index (χ1v) is 10.5. The van der Waals surface area contributed by atoms with Gasteiger partial charge in [0.25, 0.3) is 0 Å². The van der Waals surface area contributed by atoms with Crippen molar-refractivity contribution in [1.82, 2.24) is 0 Å². The van der Waals surface area contributed by atoms with Crippen LogP contribution >= 0.6 is 0 Å². The van der Waals surface area contributed by atoms with Crippen LogP contribution in [0.5, 0.6) is 23.0 Å². The maximum atomic E-state index is 12.3. The second-order valence-electron chi connectivity index (χ2n) is 8.23. The van der Waals surface area contributed by atoms with Crippen LogP contribution in [0.15, 0.2) is 36.4 Å². The third-order valence-electron chi connectivity index (χ3n) is 5.09. The summed E-state index contributed by atoms with van der Waals surface area (Å²) < 4.78 is 11.2. The zero-order valence-electron chi connectivity index (χ0n) is 19.7. The number of benzene rings is 3. The Morgan fingerprint density at radius 2 is 0.694 bits per heavy atom. The van der Waals surface area contributed by atoms with Crippen molar-refractivity contribution in [3.8, 4) is 23.0 Å². The van der Waals surface area contributed by atoms with Gasteiger partial charge in [0, 0.05) is 0 Å². The van der Waals surface area contributed by atoms with Crippen LogP contribution in [0.3, 0.4) is 0 Å². The van der Waals surface area contributed by atoms with E-state index in [1.807, 2.05) is 0 Å². The van der Waals surface area contributed by atoms with Gasteiger partial charge in [0.15, 0.2) is 11.5 Å². The average molecular weight is 494 g/mol. The minimum Gasteiger partial charge on any atom is -0.478 e. The lowest BCUT2D eigenvalue weighted by Crippen LogP contribution is -2.20. The van der Waals surface area contributed by atoms with Crippen LogP contribution in [0.2, 0.25) is 0 Å². The molecule has 3 rings (SSSR count). The second kappa shape index (κ2) is 9.79. The lowest BCUT2D eigenvalue weighted by atomic mass is 9.94. The fraction of sp³-hybridized carbons (Fsp3) is 0.154. The summed E-state index contributed by atoms with van der Waals surface area (Å²) >= 11 is 0. The number of rotatable bonds is 8. The van der Waals surface area contributed by atoms with Crippen molar-refractivity contribution in [2.75, 3.05) is 0 Å². The summed E-state index contributed by atoms with van der Waals surface area (Å²) in [6.07, 6.45) is 0. The molecule has 3 aromatic rings. The number of aryl methyl sites for hydroxylation is 4. The molecule has 0 bridgehead atoms. The molecule has 0 aliphatic carbocycles. The average Bonchev–Trinajstić information content (AvgIpc) is 2.71. The van der Waals surface area contributed by atoms with Crippen LogP contribution in [0.4, 0.5) is 0 Å². The fourth-order valence-corrected chi connectivity index (χ4v) is 3.94. The molecule has 0 saturated heterocycles. The predicted octanol–water partition coefficient (Wildman–Crippen LogP) is 5.30. The highest BCUT2D eigenvalue weighted by atomic mass is 16.5. The maximum absolute atomic E-state index is 12.3. The molecule has 10 nitrogen and oxygen atoms in total. The highest BCUT2D eigenvalue weighted by Gasteiger charge is 2.39. The molecule has 186 valence electrons. The first-order chi connectivity index (χ1) is 16.8.